The van der Waals surface area contributed by atoms with Gasteiger partial charge in [-0.25, -0.2) is 9.97 Å². The third kappa shape index (κ3) is 5.44. The number of pyridine rings is 1. The summed E-state index contributed by atoms with van der Waals surface area (Å²) in [6.45, 7) is 5.10. The normalized spacial score (nSPS) is 16.1. The molecule has 2 aromatic heterocycles. The number of nitrogens with zero attached hydrogens (tertiary/aromatic N) is 3. The van der Waals surface area contributed by atoms with E-state index in [1.54, 1.807) is 31.5 Å². The van der Waals surface area contributed by atoms with Crippen LogP contribution in [-0.2, 0) is 0 Å². The predicted octanol–water partition coefficient (Wildman–Crippen LogP) is 5.00. The van der Waals surface area contributed by atoms with E-state index in [1.807, 2.05) is 30.3 Å². The van der Waals surface area contributed by atoms with Gasteiger partial charge in [-0.3, -0.25) is 4.79 Å². The second-order valence-corrected chi connectivity index (χ2v) is 9.60. The number of imidazole rings is 1. The number of carbonyl (C=O) groups excluding carboxylic acids is 1. The number of methoxy groups -OCH3 is 1. The number of likely N-dealkylation sites (tertiary alicyclic amines) is 1. The summed E-state index contributed by atoms with van der Waals surface area (Å²) in [5, 5.41) is 13.6. The number of rotatable bonds is 8. The van der Waals surface area contributed by atoms with E-state index in [0.29, 0.717) is 35.4 Å². The molecule has 1 amide bonds. The zero-order valence-corrected chi connectivity index (χ0v) is 21.3. The fraction of sp³-hybridized carbons (Fsp3) is 0.345. The van der Waals surface area contributed by atoms with Crippen LogP contribution in [-0.4, -0.2) is 63.7 Å². The Morgan fingerprint density at radius 3 is 2.92 bits per heavy atom. The van der Waals surface area contributed by atoms with Crippen molar-refractivity contribution in [2.45, 2.75) is 38.6 Å². The highest BCUT2D eigenvalue weighted by atomic mass is 16.5. The minimum atomic E-state index is -0.0988. The Morgan fingerprint density at radius 1 is 1.19 bits per heavy atom. The molecular weight excluding hydrogens is 466 g/mol. The Morgan fingerprint density at radius 2 is 2.08 bits per heavy atom. The Labute approximate surface area is 216 Å². The van der Waals surface area contributed by atoms with Crippen molar-refractivity contribution in [2.75, 3.05) is 26.7 Å². The molecule has 0 aliphatic carbocycles. The maximum Gasteiger partial charge on any atom is 0.251 e. The Hall–Kier alpha value is -3.91. The minimum Gasteiger partial charge on any atom is -0.507 e. The van der Waals surface area contributed by atoms with E-state index in [1.165, 1.54) is 19.3 Å². The summed E-state index contributed by atoms with van der Waals surface area (Å²) in [5.41, 5.74) is 4.24. The van der Waals surface area contributed by atoms with E-state index in [-0.39, 0.29) is 11.7 Å². The molecule has 1 atom stereocenters. The molecule has 8 nitrogen and oxygen atoms in total. The van der Waals surface area contributed by atoms with Crippen LogP contribution in [0, 0.1) is 0 Å². The summed E-state index contributed by atoms with van der Waals surface area (Å²) in [4.78, 5) is 27.5. The molecule has 5 rings (SSSR count). The van der Waals surface area contributed by atoms with Gasteiger partial charge in [0.2, 0.25) is 5.88 Å². The van der Waals surface area contributed by atoms with Gasteiger partial charge in [-0.2, -0.15) is 0 Å². The van der Waals surface area contributed by atoms with Gasteiger partial charge in [0.1, 0.15) is 11.6 Å². The number of hydrogen-bond acceptors (Lipinski definition) is 6. The maximum absolute atomic E-state index is 12.8. The Bertz CT molecular complexity index is 1400. The molecule has 4 aromatic rings. The fourth-order valence-corrected chi connectivity index (χ4v) is 5.02. The lowest BCUT2D eigenvalue weighted by Crippen LogP contribution is -2.39. The third-order valence-corrected chi connectivity index (χ3v) is 7.12. The number of H-pyrrole nitrogens is 1. The topological polar surface area (TPSA) is 103 Å². The van der Waals surface area contributed by atoms with Crippen molar-refractivity contribution in [1.82, 2.24) is 25.2 Å². The van der Waals surface area contributed by atoms with Crippen molar-refractivity contribution in [3.63, 3.8) is 0 Å². The van der Waals surface area contributed by atoms with Gasteiger partial charge in [0.05, 0.1) is 23.7 Å². The average Bonchev–Trinajstić information content (AvgIpc) is 3.35. The first-order valence-electron chi connectivity index (χ1n) is 12.9. The van der Waals surface area contributed by atoms with Gasteiger partial charge in [-0.15, -0.1) is 0 Å². The lowest BCUT2D eigenvalue weighted by atomic mass is 10.0. The van der Waals surface area contributed by atoms with E-state index in [4.69, 9.17) is 4.74 Å². The summed E-state index contributed by atoms with van der Waals surface area (Å²) < 4.78 is 5.39. The van der Waals surface area contributed by atoms with E-state index in [2.05, 4.69) is 32.1 Å². The first kappa shape index (κ1) is 24.8. The molecule has 3 N–H and O–H groups in total. The van der Waals surface area contributed by atoms with Crippen LogP contribution in [0.2, 0.25) is 0 Å². The highest BCUT2D eigenvalue weighted by Gasteiger charge is 2.18. The van der Waals surface area contributed by atoms with Crippen LogP contribution in [0.1, 0.15) is 43.0 Å². The van der Waals surface area contributed by atoms with Gasteiger partial charge >= 0.3 is 0 Å². The summed E-state index contributed by atoms with van der Waals surface area (Å²) in [5.74, 6) is 1.03. The number of nitrogens with one attached hydrogen (secondary N) is 2. The van der Waals surface area contributed by atoms with Crippen LogP contribution in [0.15, 0.2) is 54.7 Å². The van der Waals surface area contributed by atoms with Crippen molar-refractivity contribution in [3.05, 3.63) is 60.3 Å². The predicted molar refractivity (Wildman–Crippen MR) is 145 cm³/mol. The van der Waals surface area contributed by atoms with Crippen molar-refractivity contribution in [3.8, 4) is 34.1 Å². The zero-order valence-electron chi connectivity index (χ0n) is 21.3. The SMILES string of the molecule is COc1ncccc1-c1ccc(O)c(-c2nc3ccc(C(=O)NCCCN4CCCCC4C)cc3[nH]2)c1. The number of amides is 1. The molecule has 37 heavy (non-hydrogen) atoms. The van der Waals surface area contributed by atoms with Crippen LogP contribution in [0.5, 0.6) is 11.6 Å². The number of benzene rings is 2. The van der Waals surface area contributed by atoms with E-state index in [0.717, 1.165) is 41.7 Å². The van der Waals surface area contributed by atoms with Gasteiger partial charge in [0.25, 0.3) is 5.91 Å². The standard InChI is InChI=1S/C29H33N5O3/c1-19-7-3-4-15-34(19)16-6-14-30-28(36)21-9-11-24-25(18-21)33-27(32-24)23-17-20(10-12-26(23)35)22-8-5-13-31-29(22)37-2/h5,8-13,17-19,35H,3-4,6-7,14-16H2,1-2H3,(H,30,36)(H,32,33). The fourth-order valence-electron chi connectivity index (χ4n) is 5.02. The summed E-state index contributed by atoms with van der Waals surface area (Å²) in [6, 6.07) is 15.1. The zero-order chi connectivity index (χ0) is 25.8. The largest absolute Gasteiger partial charge is 0.507 e. The molecule has 0 bridgehead atoms. The number of aromatic amines is 1. The Kier molecular flexibility index (Phi) is 7.37. The molecule has 0 radical (unpaired) electrons. The van der Waals surface area contributed by atoms with Crippen molar-refractivity contribution >= 4 is 16.9 Å². The summed E-state index contributed by atoms with van der Waals surface area (Å²) >= 11 is 0. The van der Waals surface area contributed by atoms with Gasteiger partial charge in [0, 0.05) is 36.5 Å². The number of piperidine rings is 1. The Balaban J connectivity index is 1.30. The summed E-state index contributed by atoms with van der Waals surface area (Å²) in [7, 11) is 1.58. The smallest absolute Gasteiger partial charge is 0.251 e. The molecule has 1 saturated heterocycles. The second kappa shape index (κ2) is 11.0. The number of hydrogen-bond donors (Lipinski definition) is 3. The molecule has 192 valence electrons. The monoisotopic (exact) mass is 499 g/mol. The molecule has 0 spiro atoms. The van der Waals surface area contributed by atoms with Crippen LogP contribution >= 0.6 is 0 Å². The van der Waals surface area contributed by atoms with E-state index in [9.17, 15) is 9.90 Å². The third-order valence-electron chi connectivity index (χ3n) is 7.12. The number of fused-ring (bicyclic) bond motifs is 1. The van der Waals surface area contributed by atoms with Gasteiger partial charge in [-0.1, -0.05) is 12.5 Å². The molecule has 1 aliphatic rings. The van der Waals surface area contributed by atoms with Crippen molar-refractivity contribution in [2.24, 2.45) is 0 Å². The van der Waals surface area contributed by atoms with Gasteiger partial charge in [0.15, 0.2) is 0 Å². The van der Waals surface area contributed by atoms with Crippen LogP contribution in [0.4, 0.5) is 0 Å². The molecule has 2 aromatic carbocycles. The van der Waals surface area contributed by atoms with Gasteiger partial charge in [-0.05, 0) is 80.8 Å². The molecule has 1 aliphatic heterocycles. The van der Waals surface area contributed by atoms with Crippen LogP contribution in [0.3, 0.4) is 0 Å². The number of aromatic hydroxyl groups is 1. The lowest BCUT2D eigenvalue weighted by molar-refractivity contribution is 0.0949. The number of carbonyl (C=O) groups is 1. The number of phenolic OH excluding ortho intramolecular Hbond substituents is 1. The molecule has 8 heteroatoms. The highest BCUT2D eigenvalue weighted by Crippen LogP contribution is 2.35. The van der Waals surface area contributed by atoms with Crippen LogP contribution in [0.25, 0.3) is 33.5 Å². The van der Waals surface area contributed by atoms with Crippen molar-refractivity contribution in [1.29, 1.82) is 0 Å². The molecular formula is C29H33N5O3. The highest BCUT2D eigenvalue weighted by molar-refractivity contribution is 5.97. The minimum absolute atomic E-state index is 0.0988. The molecule has 3 heterocycles. The quantitative estimate of drug-likeness (QED) is 0.295. The van der Waals surface area contributed by atoms with E-state index < -0.39 is 0 Å². The number of phenols is 1. The lowest BCUT2D eigenvalue weighted by Gasteiger charge is -2.33. The molecule has 0 saturated carbocycles. The molecule has 1 unspecified atom stereocenters. The summed E-state index contributed by atoms with van der Waals surface area (Å²) in [6.07, 6.45) is 6.45. The number of aromatic nitrogens is 3. The van der Waals surface area contributed by atoms with Crippen molar-refractivity contribution < 1.29 is 14.6 Å². The first-order valence-corrected chi connectivity index (χ1v) is 12.9. The first-order chi connectivity index (χ1) is 18.0. The van der Waals surface area contributed by atoms with Crippen LogP contribution < -0.4 is 10.1 Å². The second-order valence-electron chi connectivity index (χ2n) is 9.60. The number of ether oxygens (including phenoxy) is 1. The van der Waals surface area contributed by atoms with Gasteiger partial charge < -0.3 is 25.0 Å². The molecule has 1 fully saturated rings. The van der Waals surface area contributed by atoms with E-state index >= 15 is 0 Å². The average molecular weight is 500 g/mol. The maximum atomic E-state index is 12.8.